The molecule has 0 aromatic heterocycles. The fourth-order valence-electron chi connectivity index (χ4n) is 3.56. The van der Waals surface area contributed by atoms with Crippen LogP contribution in [0.25, 0.3) is 6.08 Å². The largest absolute Gasteiger partial charge is 0.496 e. The number of rotatable bonds is 4. The van der Waals surface area contributed by atoms with Crippen molar-refractivity contribution in [1.82, 2.24) is 4.90 Å². The van der Waals surface area contributed by atoms with E-state index in [1.807, 2.05) is 32.9 Å². The van der Waals surface area contributed by atoms with E-state index in [4.69, 9.17) is 14.2 Å². The third kappa shape index (κ3) is 4.66. The lowest BCUT2D eigenvalue weighted by Gasteiger charge is -2.33. The Hall–Kier alpha value is -2.50. The third-order valence-electron chi connectivity index (χ3n) is 5.04. The van der Waals surface area contributed by atoms with Crippen molar-refractivity contribution in [2.45, 2.75) is 45.6 Å². The van der Waals surface area contributed by atoms with E-state index >= 15 is 0 Å². The van der Waals surface area contributed by atoms with Crippen LogP contribution in [0.3, 0.4) is 0 Å². The minimum Gasteiger partial charge on any atom is -0.496 e. The van der Waals surface area contributed by atoms with Crippen LogP contribution in [-0.2, 0) is 4.74 Å². The van der Waals surface area contributed by atoms with Crippen molar-refractivity contribution in [3.63, 3.8) is 0 Å². The Morgan fingerprint density at radius 1 is 1.29 bits per heavy atom. The van der Waals surface area contributed by atoms with E-state index in [0.717, 1.165) is 37.9 Å². The SMILES string of the molecule is COc1ccc2c(c1/C=C/CC1CCN(C(=O)OC(C)(C)C)CC1)OCC2=O. The second-order valence-electron chi connectivity index (χ2n) is 8.32. The van der Waals surface area contributed by atoms with Gasteiger partial charge in [0.05, 0.1) is 18.2 Å². The zero-order valence-corrected chi connectivity index (χ0v) is 17.1. The smallest absolute Gasteiger partial charge is 0.410 e. The lowest BCUT2D eigenvalue weighted by atomic mass is 9.93. The van der Waals surface area contributed by atoms with Crippen molar-refractivity contribution in [3.05, 3.63) is 29.3 Å². The Balaban J connectivity index is 1.57. The summed E-state index contributed by atoms with van der Waals surface area (Å²) in [7, 11) is 1.61. The number of ketones is 1. The highest BCUT2D eigenvalue weighted by molar-refractivity contribution is 6.03. The average molecular weight is 387 g/mol. The normalized spacial score (nSPS) is 17.6. The van der Waals surface area contributed by atoms with Crippen LogP contribution in [0.5, 0.6) is 11.5 Å². The summed E-state index contributed by atoms with van der Waals surface area (Å²) in [4.78, 5) is 25.8. The quantitative estimate of drug-likeness (QED) is 0.770. The molecule has 3 rings (SSSR count). The van der Waals surface area contributed by atoms with Gasteiger partial charge in [-0.2, -0.15) is 0 Å². The fraction of sp³-hybridized carbons (Fsp3) is 0.545. The predicted molar refractivity (Wildman–Crippen MR) is 107 cm³/mol. The Bertz CT molecular complexity index is 770. The highest BCUT2D eigenvalue weighted by atomic mass is 16.6. The summed E-state index contributed by atoms with van der Waals surface area (Å²) in [6.07, 6.45) is 6.66. The number of nitrogens with zero attached hydrogens (tertiary/aromatic N) is 1. The minimum atomic E-state index is -0.463. The van der Waals surface area contributed by atoms with Gasteiger partial charge in [0, 0.05) is 13.1 Å². The average Bonchev–Trinajstić information content (AvgIpc) is 3.02. The first kappa shape index (κ1) is 20.2. The molecule has 2 heterocycles. The summed E-state index contributed by atoms with van der Waals surface area (Å²) < 4.78 is 16.4. The Labute approximate surface area is 166 Å². The zero-order valence-electron chi connectivity index (χ0n) is 17.1. The summed E-state index contributed by atoms with van der Waals surface area (Å²) in [6.45, 7) is 7.17. The van der Waals surface area contributed by atoms with Crippen LogP contribution >= 0.6 is 0 Å². The Kier molecular flexibility index (Phi) is 5.96. The summed E-state index contributed by atoms with van der Waals surface area (Å²) in [6, 6.07) is 3.57. The number of carbonyl (C=O) groups excluding carboxylic acids is 2. The van der Waals surface area contributed by atoms with Crippen LogP contribution in [0.1, 0.15) is 56.0 Å². The summed E-state index contributed by atoms with van der Waals surface area (Å²) >= 11 is 0. The predicted octanol–water partition coefficient (Wildman–Crippen LogP) is 4.32. The van der Waals surface area contributed by atoms with E-state index in [1.54, 1.807) is 18.1 Å². The fourth-order valence-corrected chi connectivity index (χ4v) is 3.56. The molecule has 1 aromatic carbocycles. The van der Waals surface area contributed by atoms with Crippen molar-refractivity contribution in [2.24, 2.45) is 5.92 Å². The Morgan fingerprint density at radius 3 is 2.64 bits per heavy atom. The number of amides is 1. The molecule has 0 atom stereocenters. The summed E-state index contributed by atoms with van der Waals surface area (Å²) in [5.41, 5.74) is 0.970. The van der Waals surface area contributed by atoms with Crippen LogP contribution in [0.4, 0.5) is 4.79 Å². The van der Waals surface area contributed by atoms with Crippen molar-refractivity contribution >= 4 is 18.0 Å². The number of piperidine rings is 1. The van der Waals surface area contributed by atoms with Crippen molar-refractivity contribution in [2.75, 3.05) is 26.8 Å². The number of hydrogen-bond acceptors (Lipinski definition) is 5. The van der Waals surface area contributed by atoms with Crippen LogP contribution in [0, 0.1) is 5.92 Å². The van der Waals surface area contributed by atoms with Gasteiger partial charge in [-0.3, -0.25) is 4.79 Å². The van der Waals surface area contributed by atoms with Gasteiger partial charge in [0.25, 0.3) is 0 Å². The molecule has 1 aromatic rings. The molecule has 0 N–H and O–H groups in total. The molecule has 1 saturated heterocycles. The number of likely N-dealkylation sites (tertiary alicyclic amines) is 1. The summed E-state index contributed by atoms with van der Waals surface area (Å²) in [5.74, 6) is 1.83. The van der Waals surface area contributed by atoms with Gasteiger partial charge in [0.2, 0.25) is 5.78 Å². The second-order valence-corrected chi connectivity index (χ2v) is 8.32. The van der Waals surface area contributed by atoms with E-state index in [1.165, 1.54) is 0 Å². The number of Topliss-reactive ketones (excluding diaryl/α,β-unsaturated/α-hetero) is 1. The first-order valence-corrected chi connectivity index (χ1v) is 9.80. The van der Waals surface area contributed by atoms with Crippen molar-refractivity contribution in [1.29, 1.82) is 0 Å². The maximum atomic E-state index is 12.2. The molecule has 0 saturated carbocycles. The van der Waals surface area contributed by atoms with Crippen LogP contribution in [0.2, 0.25) is 0 Å². The molecule has 0 aliphatic carbocycles. The molecule has 6 heteroatoms. The molecule has 2 aliphatic heterocycles. The molecule has 6 nitrogen and oxygen atoms in total. The van der Waals surface area contributed by atoms with Gasteiger partial charge in [0.15, 0.2) is 6.61 Å². The van der Waals surface area contributed by atoms with E-state index < -0.39 is 5.60 Å². The van der Waals surface area contributed by atoms with Crippen LogP contribution in [-0.4, -0.2) is 49.2 Å². The maximum Gasteiger partial charge on any atom is 0.410 e. The molecular formula is C22H29NO5. The molecule has 0 spiro atoms. The third-order valence-corrected chi connectivity index (χ3v) is 5.04. The van der Waals surface area contributed by atoms with Gasteiger partial charge in [-0.15, -0.1) is 0 Å². The number of allylic oxidation sites excluding steroid dienone is 1. The Morgan fingerprint density at radius 2 is 2.00 bits per heavy atom. The molecule has 0 unspecified atom stereocenters. The number of hydrogen-bond donors (Lipinski definition) is 0. The number of ether oxygens (including phenoxy) is 3. The van der Waals surface area contributed by atoms with Crippen molar-refractivity contribution < 1.29 is 23.8 Å². The standard InChI is InChI=1S/C22H29NO5/c1-22(2,3)28-21(25)23-12-10-15(11-13-23)6-5-7-17-19(26-4)9-8-16-18(24)14-27-20(16)17/h5,7-9,15H,6,10-14H2,1-4H3/b7-5+. The number of fused-ring (bicyclic) bond motifs is 1. The maximum absolute atomic E-state index is 12.2. The first-order chi connectivity index (χ1) is 13.3. The number of methoxy groups -OCH3 is 1. The van der Waals surface area contributed by atoms with E-state index in [-0.39, 0.29) is 18.5 Å². The molecule has 0 bridgehead atoms. The van der Waals surface area contributed by atoms with E-state index in [0.29, 0.717) is 23.0 Å². The molecule has 1 fully saturated rings. The van der Waals surface area contributed by atoms with Gasteiger partial charge in [-0.05, 0) is 58.1 Å². The topological polar surface area (TPSA) is 65.1 Å². The van der Waals surface area contributed by atoms with E-state index in [2.05, 4.69) is 6.08 Å². The van der Waals surface area contributed by atoms with Gasteiger partial charge < -0.3 is 19.1 Å². The van der Waals surface area contributed by atoms with Gasteiger partial charge in [-0.25, -0.2) is 4.79 Å². The van der Waals surface area contributed by atoms with E-state index in [9.17, 15) is 9.59 Å². The second kappa shape index (κ2) is 8.25. The number of carbonyl (C=O) groups is 2. The molecule has 28 heavy (non-hydrogen) atoms. The lowest BCUT2D eigenvalue weighted by molar-refractivity contribution is 0.0185. The first-order valence-electron chi connectivity index (χ1n) is 9.80. The monoisotopic (exact) mass is 387 g/mol. The molecule has 152 valence electrons. The van der Waals surface area contributed by atoms with Crippen LogP contribution < -0.4 is 9.47 Å². The van der Waals surface area contributed by atoms with Gasteiger partial charge in [0.1, 0.15) is 17.1 Å². The van der Waals surface area contributed by atoms with Gasteiger partial charge >= 0.3 is 6.09 Å². The molecule has 2 aliphatic rings. The molecular weight excluding hydrogens is 358 g/mol. The number of benzene rings is 1. The van der Waals surface area contributed by atoms with Crippen LogP contribution in [0.15, 0.2) is 18.2 Å². The van der Waals surface area contributed by atoms with Crippen molar-refractivity contribution in [3.8, 4) is 11.5 Å². The highest BCUT2D eigenvalue weighted by Crippen LogP contribution is 2.37. The van der Waals surface area contributed by atoms with Gasteiger partial charge in [-0.1, -0.05) is 12.2 Å². The highest BCUT2D eigenvalue weighted by Gasteiger charge is 2.27. The lowest BCUT2D eigenvalue weighted by Crippen LogP contribution is -2.41. The summed E-state index contributed by atoms with van der Waals surface area (Å²) in [5, 5.41) is 0. The zero-order chi connectivity index (χ0) is 20.3. The molecule has 0 radical (unpaired) electrons. The minimum absolute atomic E-state index is 0.00168. The molecule has 1 amide bonds.